The number of hydrogen-bond acceptors (Lipinski definition) is 3. The highest BCUT2D eigenvalue weighted by Crippen LogP contribution is 2.14. The molecule has 106 valence electrons. The van der Waals surface area contributed by atoms with Gasteiger partial charge in [-0.25, -0.2) is 0 Å². The molecule has 1 fully saturated rings. The predicted molar refractivity (Wildman–Crippen MR) is 73.5 cm³/mol. The molecule has 0 aromatic rings. The molecule has 0 aromatic heterocycles. The monoisotopic (exact) mass is 256 g/mol. The Morgan fingerprint density at radius 2 is 1.89 bits per heavy atom. The Balaban J connectivity index is 2.28. The fourth-order valence-electron chi connectivity index (χ4n) is 2.17. The third-order valence-electron chi connectivity index (χ3n) is 4.15. The maximum atomic E-state index is 12.0. The number of carbonyl (C=O) groups is 1. The molecule has 1 amide bonds. The van der Waals surface area contributed by atoms with Crippen LogP contribution < -0.4 is 5.32 Å². The summed E-state index contributed by atoms with van der Waals surface area (Å²) in [6, 6.07) is 0.391. The molecule has 1 saturated heterocycles. The van der Waals surface area contributed by atoms with Crippen molar-refractivity contribution in [2.75, 3.05) is 32.8 Å². The summed E-state index contributed by atoms with van der Waals surface area (Å²) in [5, 5.41) is 3.07. The molecule has 1 aliphatic rings. The van der Waals surface area contributed by atoms with E-state index in [0.29, 0.717) is 12.0 Å². The molecule has 0 saturated carbocycles. The Bertz CT molecular complexity index is 252. The molecule has 1 rings (SSSR count). The van der Waals surface area contributed by atoms with Crippen molar-refractivity contribution >= 4 is 5.91 Å². The summed E-state index contributed by atoms with van der Waals surface area (Å²) in [5.74, 6) is 0.736. The maximum Gasteiger partial charge on any atom is 0.223 e. The molecule has 1 aliphatic heterocycles. The van der Waals surface area contributed by atoms with Gasteiger partial charge in [-0.1, -0.05) is 27.2 Å². The van der Waals surface area contributed by atoms with Gasteiger partial charge in [0.1, 0.15) is 0 Å². The van der Waals surface area contributed by atoms with Crippen molar-refractivity contribution in [3.8, 4) is 0 Å². The van der Waals surface area contributed by atoms with Gasteiger partial charge in [0.25, 0.3) is 0 Å². The zero-order valence-corrected chi connectivity index (χ0v) is 12.2. The Hall–Kier alpha value is -0.610. The predicted octanol–water partition coefficient (Wildman–Crippen LogP) is 1.51. The van der Waals surface area contributed by atoms with Gasteiger partial charge in [0.05, 0.1) is 13.2 Å². The highest BCUT2D eigenvalue weighted by Gasteiger charge is 2.21. The molecule has 4 heteroatoms. The topological polar surface area (TPSA) is 41.6 Å². The number of ether oxygens (including phenoxy) is 1. The van der Waals surface area contributed by atoms with E-state index in [1.165, 1.54) is 0 Å². The molecule has 1 N–H and O–H groups in total. The Morgan fingerprint density at radius 3 is 2.44 bits per heavy atom. The average Bonchev–Trinajstić information content (AvgIpc) is 2.43. The minimum absolute atomic E-state index is 0.104. The fraction of sp³-hybridized carbons (Fsp3) is 0.929. The van der Waals surface area contributed by atoms with Crippen LogP contribution in [-0.2, 0) is 9.53 Å². The molecular formula is C14H28N2O2. The normalized spacial score (nSPS) is 22.2. The lowest BCUT2D eigenvalue weighted by Crippen LogP contribution is -2.48. The van der Waals surface area contributed by atoms with E-state index in [1.54, 1.807) is 0 Å². The number of amides is 1. The van der Waals surface area contributed by atoms with Gasteiger partial charge in [0.2, 0.25) is 5.91 Å². The third kappa shape index (κ3) is 4.58. The summed E-state index contributed by atoms with van der Waals surface area (Å²) < 4.78 is 5.33. The maximum absolute atomic E-state index is 12.0. The molecular weight excluding hydrogens is 228 g/mol. The number of nitrogens with zero attached hydrogens (tertiary/aromatic N) is 1. The van der Waals surface area contributed by atoms with E-state index in [0.717, 1.165) is 39.3 Å². The van der Waals surface area contributed by atoms with Crippen molar-refractivity contribution in [2.24, 2.45) is 11.8 Å². The quantitative estimate of drug-likeness (QED) is 0.783. The largest absolute Gasteiger partial charge is 0.379 e. The van der Waals surface area contributed by atoms with Crippen molar-refractivity contribution in [3.63, 3.8) is 0 Å². The zero-order valence-electron chi connectivity index (χ0n) is 12.2. The van der Waals surface area contributed by atoms with Crippen molar-refractivity contribution in [3.05, 3.63) is 0 Å². The van der Waals surface area contributed by atoms with Crippen LogP contribution in [0, 0.1) is 11.8 Å². The average molecular weight is 256 g/mol. The van der Waals surface area contributed by atoms with Gasteiger partial charge in [-0.3, -0.25) is 9.69 Å². The standard InChI is InChI=1S/C14H28N2O2/c1-5-11(2)13(4)14(17)15-10-12(3)16-6-8-18-9-7-16/h11-13H,5-10H2,1-4H3,(H,15,17)/t11-,12?,13-/m0/s1. The first kappa shape index (κ1) is 15.4. The van der Waals surface area contributed by atoms with Crippen LogP contribution in [0.3, 0.4) is 0 Å². The van der Waals surface area contributed by atoms with E-state index in [1.807, 2.05) is 6.92 Å². The molecule has 18 heavy (non-hydrogen) atoms. The van der Waals surface area contributed by atoms with Crippen LogP contribution in [0.4, 0.5) is 0 Å². The highest BCUT2D eigenvalue weighted by atomic mass is 16.5. The summed E-state index contributed by atoms with van der Waals surface area (Å²) in [6.07, 6.45) is 1.05. The van der Waals surface area contributed by atoms with Crippen LogP contribution in [0.25, 0.3) is 0 Å². The van der Waals surface area contributed by atoms with Crippen molar-refractivity contribution < 1.29 is 9.53 Å². The minimum Gasteiger partial charge on any atom is -0.379 e. The van der Waals surface area contributed by atoms with Crippen LogP contribution in [0.1, 0.15) is 34.1 Å². The van der Waals surface area contributed by atoms with Crippen LogP contribution in [-0.4, -0.2) is 49.7 Å². The van der Waals surface area contributed by atoms with Gasteiger partial charge in [0, 0.05) is 31.6 Å². The SMILES string of the molecule is CC[C@H](C)[C@H](C)C(=O)NCC(C)N1CCOCC1. The molecule has 3 atom stereocenters. The van der Waals surface area contributed by atoms with Gasteiger partial charge >= 0.3 is 0 Å². The van der Waals surface area contributed by atoms with E-state index >= 15 is 0 Å². The van der Waals surface area contributed by atoms with Gasteiger partial charge < -0.3 is 10.1 Å². The highest BCUT2D eigenvalue weighted by molar-refractivity contribution is 5.78. The first-order valence-corrected chi connectivity index (χ1v) is 7.15. The zero-order chi connectivity index (χ0) is 13.5. The molecule has 1 unspecified atom stereocenters. The number of rotatable bonds is 6. The third-order valence-corrected chi connectivity index (χ3v) is 4.15. The van der Waals surface area contributed by atoms with E-state index < -0.39 is 0 Å². The molecule has 4 nitrogen and oxygen atoms in total. The lowest BCUT2D eigenvalue weighted by atomic mass is 9.93. The van der Waals surface area contributed by atoms with Gasteiger partial charge in [-0.2, -0.15) is 0 Å². The van der Waals surface area contributed by atoms with Crippen LogP contribution in [0.15, 0.2) is 0 Å². The second-order valence-electron chi connectivity index (χ2n) is 5.42. The Morgan fingerprint density at radius 1 is 1.28 bits per heavy atom. The summed E-state index contributed by atoms with van der Waals surface area (Å²) in [6.45, 7) is 12.7. The van der Waals surface area contributed by atoms with Gasteiger partial charge in [-0.05, 0) is 12.8 Å². The summed E-state index contributed by atoms with van der Waals surface area (Å²) in [4.78, 5) is 14.3. The second kappa shape index (κ2) is 7.74. The second-order valence-corrected chi connectivity index (χ2v) is 5.42. The van der Waals surface area contributed by atoms with Gasteiger partial charge in [-0.15, -0.1) is 0 Å². The van der Waals surface area contributed by atoms with Crippen molar-refractivity contribution in [1.29, 1.82) is 0 Å². The molecule has 0 bridgehead atoms. The molecule has 0 aliphatic carbocycles. The van der Waals surface area contributed by atoms with E-state index in [9.17, 15) is 4.79 Å². The smallest absolute Gasteiger partial charge is 0.223 e. The van der Waals surface area contributed by atoms with E-state index in [4.69, 9.17) is 4.74 Å². The van der Waals surface area contributed by atoms with Crippen molar-refractivity contribution in [2.45, 2.75) is 40.2 Å². The summed E-state index contributed by atoms with van der Waals surface area (Å²) >= 11 is 0. The van der Waals surface area contributed by atoms with Gasteiger partial charge in [0.15, 0.2) is 0 Å². The number of morpholine rings is 1. The molecule has 0 radical (unpaired) electrons. The summed E-state index contributed by atoms with van der Waals surface area (Å²) in [5.41, 5.74) is 0. The lowest BCUT2D eigenvalue weighted by molar-refractivity contribution is -0.126. The number of nitrogens with one attached hydrogen (secondary N) is 1. The Kier molecular flexibility index (Phi) is 6.65. The number of hydrogen-bond donors (Lipinski definition) is 1. The first-order valence-electron chi connectivity index (χ1n) is 7.15. The Labute approximate surface area is 111 Å². The van der Waals surface area contributed by atoms with Crippen LogP contribution in [0.2, 0.25) is 0 Å². The fourth-order valence-corrected chi connectivity index (χ4v) is 2.17. The molecule has 1 heterocycles. The van der Waals surface area contributed by atoms with E-state index in [2.05, 4.69) is 31.0 Å². The molecule has 0 aromatic carbocycles. The first-order chi connectivity index (χ1) is 8.56. The lowest BCUT2D eigenvalue weighted by Gasteiger charge is -2.32. The van der Waals surface area contributed by atoms with Crippen LogP contribution >= 0.6 is 0 Å². The van der Waals surface area contributed by atoms with Crippen LogP contribution in [0.5, 0.6) is 0 Å². The molecule has 0 spiro atoms. The van der Waals surface area contributed by atoms with E-state index in [-0.39, 0.29) is 11.8 Å². The van der Waals surface area contributed by atoms with Crippen molar-refractivity contribution in [1.82, 2.24) is 10.2 Å². The minimum atomic E-state index is 0.104. The summed E-state index contributed by atoms with van der Waals surface area (Å²) in [7, 11) is 0. The number of carbonyl (C=O) groups excluding carboxylic acids is 1.